The summed E-state index contributed by atoms with van der Waals surface area (Å²) in [6.07, 6.45) is 0. The average Bonchev–Trinajstić information content (AvgIpc) is 2.77. The molecule has 0 unspecified atom stereocenters. The number of quaternary nitrogens is 1. The molecule has 1 nitrogen and oxygen atoms in total. The minimum atomic E-state index is -0.334. The summed E-state index contributed by atoms with van der Waals surface area (Å²) >= 11 is 0. The van der Waals surface area contributed by atoms with Crippen LogP contribution < -0.4 is 0 Å². The van der Waals surface area contributed by atoms with Gasteiger partial charge in [0.25, 0.3) is 0 Å². The zero-order valence-corrected chi connectivity index (χ0v) is 17.2. The molecule has 0 aliphatic rings. The molecule has 29 heavy (non-hydrogen) atoms. The van der Waals surface area contributed by atoms with Gasteiger partial charge in [-0.3, -0.25) is 0 Å². The topological polar surface area (TPSA) is 0 Å². The van der Waals surface area contributed by atoms with Crippen LogP contribution in [-0.2, 0) is 12.1 Å². The minimum Gasteiger partial charge on any atom is -0.308 e. The molecule has 1 heteroatoms. The van der Waals surface area contributed by atoms with Crippen LogP contribution in [0.15, 0.2) is 121 Å². The van der Waals surface area contributed by atoms with E-state index in [0.717, 1.165) is 11.0 Å². The van der Waals surface area contributed by atoms with Gasteiger partial charge in [-0.25, -0.2) is 0 Å². The molecule has 4 aromatic rings. The monoisotopic (exact) mass is 378 g/mol. The van der Waals surface area contributed by atoms with Crippen LogP contribution >= 0.6 is 0 Å². The first-order valence-corrected chi connectivity index (χ1v) is 10.2. The van der Waals surface area contributed by atoms with E-state index in [4.69, 9.17) is 0 Å². The first kappa shape index (κ1) is 19.2. The highest BCUT2D eigenvalue weighted by atomic mass is 15.4. The first-order chi connectivity index (χ1) is 14.1. The molecule has 4 rings (SSSR count). The third kappa shape index (κ3) is 3.50. The Kier molecular flexibility index (Phi) is 5.33. The van der Waals surface area contributed by atoms with Crippen LogP contribution in [0.2, 0.25) is 0 Å². The second-order valence-electron chi connectivity index (χ2n) is 8.14. The molecule has 0 radical (unpaired) electrons. The van der Waals surface area contributed by atoms with Crippen LogP contribution in [-0.4, -0.2) is 18.6 Å². The van der Waals surface area contributed by atoms with Crippen molar-refractivity contribution in [2.75, 3.05) is 14.1 Å². The average molecular weight is 379 g/mol. The summed E-state index contributed by atoms with van der Waals surface area (Å²) in [5.74, 6) is 0. The summed E-state index contributed by atoms with van der Waals surface area (Å²) in [7, 11) is 4.69. The van der Waals surface area contributed by atoms with E-state index in [1.165, 1.54) is 22.3 Å². The van der Waals surface area contributed by atoms with Crippen LogP contribution in [0.5, 0.6) is 0 Å². The Labute approximate surface area is 174 Å². The van der Waals surface area contributed by atoms with Crippen LogP contribution in [0.1, 0.15) is 22.3 Å². The van der Waals surface area contributed by atoms with Gasteiger partial charge >= 0.3 is 0 Å². The van der Waals surface area contributed by atoms with Crippen molar-refractivity contribution in [3.05, 3.63) is 144 Å². The lowest BCUT2D eigenvalue weighted by Crippen LogP contribution is -2.58. The highest BCUT2D eigenvalue weighted by Gasteiger charge is 2.50. The third-order valence-electron chi connectivity index (χ3n) is 5.90. The van der Waals surface area contributed by atoms with Crippen LogP contribution in [0.3, 0.4) is 0 Å². The minimum absolute atomic E-state index is 0.334. The number of rotatable bonds is 6. The van der Waals surface area contributed by atoms with E-state index in [2.05, 4.69) is 135 Å². The standard InChI is InChI=1S/C28H28N/c1-29(2,23-24-15-7-3-8-16-24)28(25-17-9-4-10-18-25,26-19-11-5-12-20-26)27-21-13-6-14-22-27/h3-22H,23H2,1-2H3/q+1. The summed E-state index contributed by atoms with van der Waals surface area (Å²) < 4.78 is 0.773. The molecule has 144 valence electrons. The third-order valence-corrected chi connectivity index (χ3v) is 5.90. The summed E-state index contributed by atoms with van der Waals surface area (Å²) in [6.45, 7) is 0.916. The molecule has 0 aliphatic carbocycles. The predicted molar refractivity (Wildman–Crippen MR) is 121 cm³/mol. The molecule has 0 atom stereocenters. The molecule has 4 aromatic carbocycles. The molecule has 0 N–H and O–H groups in total. The normalized spacial score (nSPS) is 11.9. The van der Waals surface area contributed by atoms with Crippen molar-refractivity contribution in [1.82, 2.24) is 0 Å². The maximum absolute atomic E-state index is 2.35. The largest absolute Gasteiger partial charge is 0.308 e. The van der Waals surface area contributed by atoms with Gasteiger partial charge in [-0.2, -0.15) is 0 Å². The molecular weight excluding hydrogens is 350 g/mol. The van der Waals surface area contributed by atoms with Gasteiger partial charge < -0.3 is 4.48 Å². The number of benzene rings is 4. The van der Waals surface area contributed by atoms with E-state index in [1.54, 1.807) is 0 Å². The van der Waals surface area contributed by atoms with Gasteiger partial charge in [-0.1, -0.05) is 121 Å². The molecule has 0 aliphatic heterocycles. The van der Waals surface area contributed by atoms with E-state index >= 15 is 0 Å². The van der Waals surface area contributed by atoms with Crippen LogP contribution in [0.25, 0.3) is 0 Å². The smallest absolute Gasteiger partial charge is 0.176 e. The Morgan fingerprint density at radius 3 is 1.14 bits per heavy atom. The lowest BCUT2D eigenvalue weighted by Gasteiger charge is -2.50. The predicted octanol–water partition coefficient (Wildman–Crippen LogP) is 6.26. The Bertz CT molecular complexity index is 926. The maximum Gasteiger partial charge on any atom is 0.176 e. The fraction of sp³-hybridized carbons (Fsp3) is 0.143. The molecule has 0 fully saturated rings. The summed E-state index contributed by atoms with van der Waals surface area (Å²) in [5.41, 5.74) is 4.92. The maximum atomic E-state index is 2.35. The van der Waals surface area contributed by atoms with Crippen molar-refractivity contribution in [1.29, 1.82) is 0 Å². The molecule has 0 saturated heterocycles. The number of nitrogens with zero attached hydrogens (tertiary/aromatic N) is 1. The molecule has 0 heterocycles. The fourth-order valence-electron chi connectivity index (χ4n) is 4.74. The van der Waals surface area contributed by atoms with E-state index in [9.17, 15) is 0 Å². The summed E-state index contributed by atoms with van der Waals surface area (Å²) in [6, 6.07) is 43.6. The van der Waals surface area contributed by atoms with Gasteiger partial charge in [0.1, 0.15) is 6.54 Å². The van der Waals surface area contributed by atoms with Crippen molar-refractivity contribution in [3.8, 4) is 0 Å². The fourth-order valence-corrected chi connectivity index (χ4v) is 4.74. The molecule has 0 bridgehead atoms. The van der Waals surface area contributed by atoms with E-state index in [1.807, 2.05) is 0 Å². The highest BCUT2D eigenvalue weighted by Crippen LogP contribution is 2.46. The summed E-state index contributed by atoms with van der Waals surface area (Å²) in [5, 5.41) is 0. The lowest BCUT2D eigenvalue weighted by atomic mass is 9.74. The van der Waals surface area contributed by atoms with Gasteiger partial charge in [0.15, 0.2) is 5.54 Å². The second kappa shape index (κ2) is 8.06. The Morgan fingerprint density at radius 2 is 0.793 bits per heavy atom. The van der Waals surface area contributed by atoms with E-state index < -0.39 is 0 Å². The molecule has 0 saturated carbocycles. The summed E-state index contributed by atoms with van der Waals surface area (Å²) in [4.78, 5) is 0. The SMILES string of the molecule is C[N+](C)(Cc1ccccc1)C(c1ccccc1)(c1ccccc1)c1ccccc1. The van der Waals surface area contributed by atoms with Crippen molar-refractivity contribution in [3.63, 3.8) is 0 Å². The van der Waals surface area contributed by atoms with Gasteiger partial charge in [0.2, 0.25) is 0 Å². The van der Waals surface area contributed by atoms with Gasteiger partial charge in [-0.15, -0.1) is 0 Å². The Morgan fingerprint density at radius 1 is 0.483 bits per heavy atom. The van der Waals surface area contributed by atoms with Gasteiger partial charge in [0, 0.05) is 22.3 Å². The zero-order valence-electron chi connectivity index (χ0n) is 17.2. The van der Waals surface area contributed by atoms with E-state index in [0.29, 0.717) is 0 Å². The molecule has 0 aromatic heterocycles. The molecule has 0 amide bonds. The zero-order chi connectivity index (χ0) is 20.2. The highest BCUT2D eigenvalue weighted by molar-refractivity contribution is 5.47. The van der Waals surface area contributed by atoms with Crippen molar-refractivity contribution < 1.29 is 4.48 Å². The lowest BCUT2D eigenvalue weighted by molar-refractivity contribution is -0.949. The quantitative estimate of drug-likeness (QED) is 0.275. The van der Waals surface area contributed by atoms with Crippen LogP contribution in [0.4, 0.5) is 0 Å². The number of hydrogen-bond donors (Lipinski definition) is 0. The van der Waals surface area contributed by atoms with Crippen molar-refractivity contribution in [2.24, 2.45) is 0 Å². The molecular formula is C28H28N+. The van der Waals surface area contributed by atoms with Crippen molar-refractivity contribution in [2.45, 2.75) is 12.1 Å². The van der Waals surface area contributed by atoms with Crippen LogP contribution in [0, 0.1) is 0 Å². The van der Waals surface area contributed by atoms with E-state index in [-0.39, 0.29) is 5.54 Å². The molecule has 0 spiro atoms. The van der Waals surface area contributed by atoms with Gasteiger partial charge in [-0.05, 0) is 0 Å². The number of hydrogen-bond acceptors (Lipinski definition) is 0. The first-order valence-electron chi connectivity index (χ1n) is 10.2. The Hall–Kier alpha value is -3.16. The van der Waals surface area contributed by atoms with Gasteiger partial charge in [0.05, 0.1) is 14.1 Å². The Balaban J connectivity index is 2.02. The second-order valence-corrected chi connectivity index (χ2v) is 8.14. The van der Waals surface area contributed by atoms with Crippen molar-refractivity contribution >= 4 is 0 Å².